The van der Waals surface area contributed by atoms with Crippen LogP contribution in [0.4, 0.5) is 5.82 Å². The molecule has 1 aliphatic rings. The number of amides is 2. The van der Waals surface area contributed by atoms with Crippen LogP contribution in [-0.2, 0) is 21.2 Å². The van der Waals surface area contributed by atoms with E-state index in [1.54, 1.807) is 31.3 Å². The highest BCUT2D eigenvalue weighted by molar-refractivity contribution is 7.90. The summed E-state index contributed by atoms with van der Waals surface area (Å²) in [7, 11) is -3.45. The van der Waals surface area contributed by atoms with Gasteiger partial charge in [0.15, 0.2) is 9.84 Å². The average molecular weight is 545 g/mol. The molecule has 3 aromatic heterocycles. The number of sulfone groups is 1. The van der Waals surface area contributed by atoms with Crippen molar-refractivity contribution in [1.29, 1.82) is 0 Å². The number of pyridine rings is 3. The lowest BCUT2D eigenvalue weighted by molar-refractivity contribution is -0.121. The molecule has 0 spiro atoms. The first kappa shape index (κ1) is 26.2. The highest BCUT2D eigenvalue weighted by Gasteiger charge is 2.23. The van der Waals surface area contributed by atoms with Crippen LogP contribution in [0.3, 0.4) is 0 Å². The minimum absolute atomic E-state index is 0.0323. The van der Waals surface area contributed by atoms with E-state index in [2.05, 4.69) is 15.6 Å². The number of hydrogen-bond acceptors (Lipinski definition) is 8. The van der Waals surface area contributed by atoms with Crippen LogP contribution in [0.15, 0.2) is 65.7 Å². The van der Waals surface area contributed by atoms with Crippen LogP contribution < -0.4 is 15.5 Å². The molecule has 4 aromatic rings. The molecule has 0 radical (unpaired) electrons. The van der Waals surface area contributed by atoms with Crippen molar-refractivity contribution in [3.63, 3.8) is 0 Å². The lowest BCUT2D eigenvalue weighted by Crippen LogP contribution is -2.53. The second-order valence-corrected chi connectivity index (χ2v) is 11.7. The largest absolute Gasteiger partial charge is 0.350 e. The van der Waals surface area contributed by atoms with E-state index in [1.807, 2.05) is 42.2 Å². The molecule has 4 heterocycles. The van der Waals surface area contributed by atoms with Gasteiger partial charge in [-0.25, -0.2) is 18.4 Å². The molecule has 200 valence electrons. The van der Waals surface area contributed by atoms with Crippen LogP contribution in [0, 0.1) is 6.92 Å². The van der Waals surface area contributed by atoms with Crippen molar-refractivity contribution >= 4 is 38.4 Å². The number of benzene rings is 1. The van der Waals surface area contributed by atoms with Crippen LogP contribution in [-0.4, -0.2) is 60.6 Å². The van der Waals surface area contributed by atoms with E-state index in [4.69, 9.17) is 9.97 Å². The number of hydrogen-bond donors (Lipinski definition) is 2. The SMILES string of the molecule is Cc1ccc(C(=O)NCc2cc3nc(-c4cccc(N5CC(=O)NC(C)C5)n4)ccc3cn2)cc1S(C)(=O)=O. The van der Waals surface area contributed by atoms with Crippen molar-refractivity contribution in [1.82, 2.24) is 25.6 Å². The molecule has 0 bridgehead atoms. The smallest absolute Gasteiger partial charge is 0.251 e. The van der Waals surface area contributed by atoms with E-state index in [-0.39, 0.29) is 35.5 Å². The number of anilines is 1. The van der Waals surface area contributed by atoms with E-state index in [9.17, 15) is 18.0 Å². The van der Waals surface area contributed by atoms with E-state index in [1.165, 1.54) is 6.07 Å². The summed E-state index contributed by atoms with van der Waals surface area (Å²) in [5, 5.41) is 6.55. The minimum atomic E-state index is -3.45. The highest BCUT2D eigenvalue weighted by atomic mass is 32.2. The van der Waals surface area contributed by atoms with Gasteiger partial charge in [0.1, 0.15) is 5.82 Å². The number of fused-ring (bicyclic) bond motifs is 1. The third-order valence-electron chi connectivity index (χ3n) is 6.47. The predicted octanol–water partition coefficient (Wildman–Crippen LogP) is 2.66. The normalized spacial score (nSPS) is 15.7. The van der Waals surface area contributed by atoms with Gasteiger partial charge in [0.25, 0.3) is 5.91 Å². The zero-order valence-corrected chi connectivity index (χ0v) is 22.6. The standard InChI is InChI=1S/C28H28N6O4S/c1-17-7-8-19(11-25(17)39(3,37)38)28(36)30-14-21-12-24-20(13-29-21)9-10-23(32-24)22-5-4-6-26(33-22)34-15-18(2)31-27(35)16-34/h4-13,18H,14-16H2,1-3H3,(H,30,36)(H,31,35). The number of carbonyl (C=O) groups excluding carboxylic acids is 2. The van der Waals surface area contributed by atoms with Gasteiger partial charge in [-0.3, -0.25) is 14.6 Å². The predicted molar refractivity (Wildman–Crippen MR) is 148 cm³/mol. The Morgan fingerprint density at radius 1 is 1.10 bits per heavy atom. The quantitative estimate of drug-likeness (QED) is 0.378. The molecule has 1 aromatic carbocycles. The van der Waals surface area contributed by atoms with Gasteiger partial charge in [-0.15, -0.1) is 0 Å². The Balaban J connectivity index is 1.35. The van der Waals surface area contributed by atoms with Crippen LogP contribution in [0.2, 0.25) is 0 Å². The van der Waals surface area contributed by atoms with Gasteiger partial charge in [-0.2, -0.15) is 0 Å². The first-order valence-electron chi connectivity index (χ1n) is 12.4. The van der Waals surface area contributed by atoms with Crippen molar-refractivity contribution < 1.29 is 18.0 Å². The molecular formula is C28H28N6O4S. The Kier molecular flexibility index (Phi) is 7.00. The fourth-order valence-corrected chi connectivity index (χ4v) is 5.56. The van der Waals surface area contributed by atoms with Gasteiger partial charge in [-0.05, 0) is 61.9 Å². The lowest BCUT2D eigenvalue weighted by Gasteiger charge is -2.32. The monoisotopic (exact) mass is 544 g/mol. The Hall–Kier alpha value is -4.38. The second-order valence-electron chi connectivity index (χ2n) is 9.73. The maximum atomic E-state index is 12.7. The first-order chi connectivity index (χ1) is 18.6. The molecule has 10 nitrogen and oxygen atoms in total. The molecule has 2 N–H and O–H groups in total. The summed E-state index contributed by atoms with van der Waals surface area (Å²) in [6.07, 6.45) is 2.81. The molecule has 0 saturated carbocycles. The van der Waals surface area contributed by atoms with Crippen LogP contribution in [0.5, 0.6) is 0 Å². The van der Waals surface area contributed by atoms with Crippen molar-refractivity contribution in [3.8, 4) is 11.4 Å². The third-order valence-corrected chi connectivity index (χ3v) is 7.71. The average Bonchev–Trinajstić information content (AvgIpc) is 2.90. The van der Waals surface area contributed by atoms with Crippen LogP contribution in [0.1, 0.15) is 28.5 Å². The Morgan fingerprint density at radius 2 is 1.90 bits per heavy atom. The molecule has 1 fully saturated rings. The zero-order valence-electron chi connectivity index (χ0n) is 21.8. The number of nitrogens with one attached hydrogen (secondary N) is 2. The van der Waals surface area contributed by atoms with E-state index in [0.29, 0.717) is 40.5 Å². The fraction of sp³-hybridized carbons (Fsp3) is 0.250. The lowest BCUT2D eigenvalue weighted by atomic mass is 10.1. The fourth-order valence-electron chi connectivity index (χ4n) is 4.56. The maximum absolute atomic E-state index is 12.7. The molecule has 2 amide bonds. The van der Waals surface area contributed by atoms with Crippen molar-refractivity contribution in [2.75, 3.05) is 24.2 Å². The molecule has 1 unspecified atom stereocenters. The summed E-state index contributed by atoms with van der Waals surface area (Å²) in [4.78, 5) is 40.8. The van der Waals surface area contributed by atoms with Gasteiger partial charge >= 0.3 is 0 Å². The van der Waals surface area contributed by atoms with Gasteiger partial charge in [0, 0.05) is 36.0 Å². The zero-order chi connectivity index (χ0) is 27.7. The van der Waals surface area contributed by atoms with Crippen molar-refractivity contribution in [2.24, 2.45) is 0 Å². The Bertz CT molecular complexity index is 1710. The van der Waals surface area contributed by atoms with Gasteiger partial charge in [-0.1, -0.05) is 12.1 Å². The molecular weight excluding hydrogens is 516 g/mol. The molecule has 5 rings (SSSR count). The highest BCUT2D eigenvalue weighted by Crippen LogP contribution is 2.23. The van der Waals surface area contributed by atoms with Gasteiger partial charge < -0.3 is 15.5 Å². The molecule has 11 heteroatoms. The molecule has 1 saturated heterocycles. The van der Waals surface area contributed by atoms with Crippen molar-refractivity contribution in [3.05, 3.63) is 77.6 Å². The summed E-state index contributed by atoms with van der Waals surface area (Å²) >= 11 is 0. The summed E-state index contributed by atoms with van der Waals surface area (Å²) < 4.78 is 24.0. The number of carbonyl (C=O) groups is 2. The van der Waals surface area contributed by atoms with Gasteiger partial charge in [0.2, 0.25) is 5.91 Å². The molecule has 1 atom stereocenters. The number of nitrogens with zero attached hydrogens (tertiary/aromatic N) is 4. The van der Waals surface area contributed by atoms with Crippen LogP contribution in [0.25, 0.3) is 22.3 Å². The molecule has 39 heavy (non-hydrogen) atoms. The summed E-state index contributed by atoms with van der Waals surface area (Å²) in [5.41, 5.74) is 3.50. The molecule has 1 aliphatic heterocycles. The van der Waals surface area contributed by atoms with Gasteiger partial charge in [0.05, 0.1) is 40.6 Å². The second kappa shape index (κ2) is 10.4. The molecule has 0 aliphatic carbocycles. The summed E-state index contributed by atoms with van der Waals surface area (Å²) in [6.45, 7) is 4.72. The third kappa shape index (κ3) is 5.88. The van der Waals surface area contributed by atoms with Crippen LogP contribution >= 0.6 is 0 Å². The number of aromatic nitrogens is 3. The van der Waals surface area contributed by atoms with E-state index < -0.39 is 15.7 Å². The number of aryl methyl sites for hydroxylation is 1. The Morgan fingerprint density at radius 3 is 2.67 bits per heavy atom. The van der Waals surface area contributed by atoms with E-state index in [0.717, 1.165) is 11.6 Å². The minimum Gasteiger partial charge on any atom is -0.350 e. The van der Waals surface area contributed by atoms with Crippen molar-refractivity contribution in [2.45, 2.75) is 31.3 Å². The summed E-state index contributed by atoms with van der Waals surface area (Å²) in [6, 6.07) is 15.9. The first-order valence-corrected chi connectivity index (χ1v) is 14.3. The number of rotatable bonds is 6. The van der Waals surface area contributed by atoms with E-state index >= 15 is 0 Å². The maximum Gasteiger partial charge on any atom is 0.251 e. The number of piperazine rings is 1. The summed E-state index contributed by atoms with van der Waals surface area (Å²) in [5.74, 6) is 0.282. The topological polar surface area (TPSA) is 134 Å². The Labute approximate surface area is 226 Å².